The van der Waals surface area contributed by atoms with Gasteiger partial charge in [-0.15, -0.1) is 0 Å². The van der Waals surface area contributed by atoms with Crippen molar-refractivity contribution < 1.29 is 27.2 Å². The van der Waals surface area contributed by atoms with Crippen LogP contribution >= 0.6 is 0 Å². The number of aromatic nitrogens is 4. The monoisotopic (exact) mass is 504 g/mol. The maximum atomic E-state index is 13.4. The number of carbonyl (C=O) groups excluding carboxylic acids is 2. The molecule has 3 aromatic rings. The van der Waals surface area contributed by atoms with Gasteiger partial charge in [-0.25, -0.2) is 9.37 Å². The Balaban J connectivity index is 1.69. The summed E-state index contributed by atoms with van der Waals surface area (Å²) in [4.78, 5) is 35.9. The summed E-state index contributed by atoms with van der Waals surface area (Å²) in [7, 11) is 0. The van der Waals surface area contributed by atoms with Crippen LogP contribution in [0.3, 0.4) is 0 Å². The molecule has 1 aliphatic heterocycles. The zero-order chi connectivity index (χ0) is 26.4. The van der Waals surface area contributed by atoms with E-state index in [2.05, 4.69) is 15.4 Å². The van der Waals surface area contributed by atoms with E-state index in [0.29, 0.717) is 28.1 Å². The van der Waals surface area contributed by atoms with E-state index in [-0.39, 0.29) is 17.8 Å². The number of fused-ring (bicyclic) bond motifs is 1. The Hall–Kier alpha value is -3.83. The zero-order valence-electron chi connectivity index (χ0n) is 20.0. The summed E-state index contributed by atoms with van der Waals surface area (Å²) < 4.78 is 52.2. The molecule has 1 N–H and O–H groups in total. The molecule has 2 amide bonds. The molecule has 0 aromatic carbocycles. The number of anilines is 1. The molecule has 0 fully saturated rings. The van der Waals surface area contributed by atoms with Gasteiger partial charge in [-0.2, -0.15) is 18.3 Å². The Bertz CT molecular complexity index is 1330. The van der Waals surface area contributed by atoms with Gasteiger partial charge in [-0.1, -0.05) is 0 Å². The van der Waals surface area contributed by atoms with E-state index in [1.165, 1.54) is 36.6 Å². The normalized spacial score (nSPS) is 15.7. The standard InChI is InChI=1S/C24H24F4N6O2/c1-13-5-18(15-6-16(9-29-8-15)21(35)30-7-14(2)25)32-20-19(13)22(36)34(23(20,3)4)17-10-31-33(11-17)12-24(26,27)28/h5-6,8-11,14H,7,12H2,1-4H3,(H,30,35). The Morgan fingerprint density at radius 3 is 2.58 bits per heavy atom. The minimum atomic E-state index is -4.45. The fourth-order valence-electron chi connectivity index (χ4n) is 4.22. The van der Waals surface area contributed by atoms with Crippen LogP contribution in [0.25, 0.3) is 11.3 Å². The third kappa shape index (κ3) is 4.79. The van der Waals surface area contributed by atoms with Gasteiger partial charge >= 0.3 is 6.18 Å². The molecule has 0 bridgehead atoms. The molecular weight excluding hydrogens is 480 g/mol. The first-order valence-electron chi connectivity index (χ1n) is 11.1. The molecule has 4 rings (SSSR count). The van der Waals surface area contributed by atoms with Crippen molar-refractivity contribution in [2.75, 3.05) is 11.4 Å². The molecule has 12 heteroatoms. The molecule has 0 aliphatic carbocycles. The number of alkyl halides is 4. The molecule has 1 unspecified atom stereocenters. The second-order valence-electron chi connectivity index (χ2n) is 9.21. The van der Waals surface area contributed by atoms with Gasteiger partial charge in [0.2, 0.25) is 0 Å². The first kappa shape index (κ1) is 25.3. The lowest BCUT2D eigenvalue weighted by Gasteiger charge is -2.30. The number of hydrogen-bond donors (Lipinski definition) is 1. The number of aryl methyl sites for hydroxylation is 1. The second kappa shape index (κ2) is 8.99. The van der Waals surface area contributed by atoms with Crippen LogP contribution in [0.5, 0.6) is 0 Å². The maximum Gasteiger partial charge on any atom is 0.408 e. The van der Waals surface area contributed by atoms with E-state index in [9.17, 15) is 27.2 Å². The summed E-state index contributed by atoms with van der Waals surface area (Å²) in [6, 6.07) is 3.26. The highest BCUT2D eigenvalue weighted by Crippen LogP contribution is 2.43. The van der Waals surface area contributed by atoms with Crippen LogP contribution in [0.1, 0.15) is 52.7 Å². The number of rotatable bonds is 6. The minimum absolute atomic E-state index is 0.134. The molecule has 0 saturated heterocycles. The van der Waals surface area contributed by atoms with Gasteiger partial charge in [0.15, 0.2) is 0 Å². The van der Waals surface area contributed by atoms with Crippen molar-refractivity contribution in [2.24, 2.45) is 0 Å². The summed E-state index contributed by atoms with van der Waals surface area (Å²) in [6.07, 6.45) is -0.374. The highest BCUT2D eigenvalue weighted by Gasteiger charge is 2.47. The minimum Gasteiger partial charge on any atom is -0.349 e. The number of amides is 2. The Morgan fingerprint density at radius 2 is 1.92 bits per heavy atom. The molecule has 190 valence electrons. The Kier molecular flexibility index (Phi) is 6.31. The van der Waals surface area contributed by atoms with Crippen LogP contribution in [0, 0.1) is 6.92 Å². The number of halogens is 4. The molecule has 3 aromatic heterocycles. The van der Waals surface area contributed by atoms with Crippen molar-refractivity contribution in [3.05, 3.63) is 59.3 Å². The van der Waals surface area contributed by atoms with Crippen LogP contribution in [0.2, 0.25) is 0 Å². The lowest BCUT2D eigenvalue weighted by molar-refractivity contribution is -0.142. The van der Waals surface area contributed by atoms with Crippen molar-refractivity contribution in [3.63, 3.8) is 0 Å². The van der Waals surface area contributed by atoms with E-state index in [1.807, 2.05) is 0 Å². The Labute approximate surface area is 204 Å². The van der Waals surface area contributed by atoms with Gasteiger partial charge in [0.05, 0.1) is 39.9 Å². The van der Waals surface area contributed by atoms with Crippen LogP contribution in [-0.4, -0.2) is 50.5 Å². The van der Waals surface area contributed by atoms with Gasteiger partial charge in [0.25, 0.3) is 11.8 Å². The highest BCUT2D eigenvalue weighted by atomic mass is 19.4. The molecule has 0 spiro atoms. The van der Waals surface area contributed by atoms with E-state index in [4.69, 9.17) is 4.98 Å². The predicted molar refractivity (Wildman–Crippen MR) is 123 cm³/mol. The number of pyridine rings is 2. The van der Waals surface area contributed by atoms with Crippen molar-refractivity contribution in [2.45, 2.75) is 52.1 Å². The maximum absolute atomic E-state index is 13.4. The third-order valence-corrected chi connectivity index (χ3v) is 5.83. The predicted octanol–water partition coefficient (Wildman–Crippen LogP) is 4.19. The summed E-state index contributed by atoms with van der Waals surface area (Å²) >= 11 is 0. The van der Waals surface area contributed by atoms with E-state index >= 15 is 0 Å². The summed E-state index contributed by atoms with van der Waals surface area (Å²) in [6.45, 7) is 5.15. The lowest BCUT2D eigenvalue weighted by Crippen LogP contribution is -2.39. The van der Waals surface area contributed by atoms with Crippen molar-refractivity contribution in [1.29, 1.82) is 0 Å². The largest absolute Gasteiger partial charge is 0.408 e. The van der Waals surface area contributed by atoms with Gasteiger partial charge in [0, 0.05) is 30.7 Å². The number of carbonyl (C=O) groups is 2. The van der Waals surface area contributed by atoms with Crippen molar-refractivity contribution in [3.8, 4) is 11.3 Å². The summed E-state index contributed by atoms with van der Waals surface area (Å²) in [5.41, 5.74) is 1.82. The fraction of sp³-hybridized carbons (Fsp3) is 0.375. The number of nitrogens with one attached hydrogen (secondary N) is 1. The topological polar surface area (TPSA) is 93.0 Å². The molecule has 0 saturated carbocycles. The van der Waals surface area contributed by atoms with Crippen LogP contribution < -0.4 is 10.2 Å². The van der Waals surface area contributed by atoms with Crippen molar-refractivity contribution >= 4 is 17.5 Å². The third-order valence-electron chi connectivity index (χ3n) is 5.83. The molecule has 1 atom stereocenters. The van der Waals surface area contributed by atoms with Gasteiger partial charge in [-0.3, -0.25) is 24.2 Å². The average Bonchev–Trinajstić information content (AvgIpc) is 3.30. The second-order valence-corrected chi connectivity index (χ2v) is 9.21. The molecule has 36 heavy (non-hydrogen) atoms. The van der Waals surface area contributed by atoms with E-state index in [1.54, 1.807) is 32.9 Å². The summed E-state index contributed by atoms with van der Waals surface area (Å²) in [5, 5.41) is 6.25. The first-order valence-corrected chi connectivity index (χ1v) is 11.1. The number of nitrogens with zero attached hydrogens (tertiary/aromatic N) is 5. The Morgan fingerprint density at radius 1 is 1.19 bits per heavy atom. The quantitative estimate of drug-likeness (QED) is 0.508. The number of hydrogen-bond acceptors (Lipinski definition) is 5. The van der Waals surface area contributed by atoms with Crippen molar-refractivity contribution in [1.82, 2.24) is 25.1 Å². The van der Waals surface area contributed by atoms with Gasteiger partial charge < -0.3 is 5.32 Å². The fourth-order valence-corrected chi connectivity index (χ4v) is 4.22. The lowest BCUT2D eigenvalue weighted by atomic mass is 9.96. The SMILES string of the molecule is Cc1cc(-c2cncc(C(=O)NCC(C)F)c2)nc2c1C(=O)N(c1cnn(CC(F)(F)F)c1)C2(C)C. The highest BCUT2D eigenvalue weighted by molar-refractivity contribution is 6.12. The molecule has 1 aliphatic rings. The van der Waals surface area contributed by atoms with Gasteiger partial charge in [-0.05, 0) is 45.4 Å². The molecule has 0 radical (unpaired) electrons. The molecule has 4 heterocycles. The van der Waals surface area contributed by atoms with Crippen LogP contribution in [-0.2, 0) is 12.1 Å². The smallest absolute Gasteiger partial charge is 0.349 e. The molecule has 8 nitrogen and oxygen atoms in total. The van der Waals surface area contributed by atoms with Crippen LogP contribution in [0.4, 0.5) is 23.2 Å². The van der Waals surface area contributed by atoms with Gasteiger partial charge in [0.1, 0.15) is 12.7 Å². The van der Waals surface area contributed by atoms with Crippen LogP contribution in [0.15, 0.2) is 36.9 Å². The molecular formula is C24H24F4N6O2. The average molecular weight is 504 g/mol. The zero-order valence-corrected chi connectivity index (χ0v) is 20.0. The van der Waals surface area contributed by atoms with E-state index in [0.717, 1.165) is 4.68 Å². The van der Waals surface area contributed by atoms with E-state index < -0.39 is 36.2 Å². The first-order chi connectivity index (χ1) is 16.8. The summed E-state index contributed by atoms with van der Waals surface area (Å²) in [5.74, 6) is -0.881.